The maximum atomic E-state index is 12.2. The molecular formula is C17H18O3. The Morgan fingerprint density at radius 3 is 2.35 bits per heavy atom. The number of carbonyl (C=O) groups excluding carboxylic acids is 1. The first kappa shape index (κ1) is 14.1. The Morgan fingerprint density at radius 1 is 1.00 bits per heavy atom. The van der Waals surface area contributed by atoms with Gasteiger partial charge in [-0.15, -0.1) is 0 Å². The van der Waals surface area contributed by atoms with Crippen LogP contribution in [0.1, 0.15) is 35.3 Å². The van der Waals surface area contributed by atoms with E-state index in [1.165, 1.54) is 0 Å². The highest BCUT2D eigenvalue weighted by atomic mass is 16.5. The van der Waals surface area contributed by atoms with Gasteiger partial charge < -0.3 is 9.84 Å². The van der Waals surface area contributed by atoms with E-state index in [9.17, 15) is 9.90 Å². The van der Waals surface area contributed by atoms with Crippen molar-refractivity contribution in [3.05, 3.63) is 59.2 Å². The van der Waals surface area contributed by atoms with Crippen LogP contribution in [0.3, 0.4) is 0 Å². The largest absolute Gasteiger partial charge is 0.507 e. The minimum absolute atomic E-state index is 0.00831. The van der Waals surface area contributed by atoms with Gasteiger partial charge >= 0.3 is 5.97 Å². The lowest BCUT2D eigenvalue weighted by atomic mass is 10.1. The molecule has 0 spiro atoms. The summed E-state index contributed by atoms with van der Waals surface area (Å²) in [5.74, 6) is 0.0222. The van der Waals surface area contributed by atoms with Crippen LogP contribution in [0.5, 0.6) is 11.5 Å². The van der Waals surface area contributed by atoms with Crippen molar-refractivity contribution in [1.82, 2.24) is 0 Å². The zero-order valence-electron chi connectivity index (χ0n) is 11.7. The van der Waals surface area contributed by atoms with Crippen molar-refractivity contribution in [3.63, 3.8) is 0 Å². The van der Waals surface area contributed by atoms with E-state index in [2.05, 4.69) is 0 Å². The van der Waals surface area contributed by atoms with E-state index in [0.717, 1.165) is 17.5 Å². The van der Waals surface area contributed by atoms with Crippen molar-refractivity contribution in [2.75, 3.05) is 0 Å². The molecule has 0 amide bonds. The van der Waals surface area contributed by atoms with Gasteiger partial charge in [-0.25, -0.2) is 4.79 Å². The lowest BCUT2D eigenvalue weighted by molar-refractivity contribution is 0.0730. The lowest BCUT2D eigenvalue weighted by Crippen LogP contribution is -2.10. The van der Waals surface area contributed by atoms with Crippen LogP contribution in [0, 0.1) is 0 Å². The monoisotopic (exact) mass is 270 g/mol. The molecule has 104 valence electrons. The number of hydrogen-bond donors (Lipinski definition) is 1. The lowest BCUT2D eigenvalue weighted by Gasteiger charge is -2.10. The predicted octanol–water partition coefficient (Wildman–Crippen LogP) is 3.74. The van der Waals surface area contributed by atoms with Crippen LogP contribution in [0.15, 0.2) is 42.5 Å². The van der Waals surface area contributed by atoms with Gasteiger partial charge in [-0.1, -0.05) is 44.2 Å². The molecule has 0 aromatic heterocycles. The van der Waals surface area contributed by atoms with Crippen molar-refractivity contribution < 1.29 is 14.6 Å². The second-order valence-electron chi connectivity index (χ2n) is 4.52. The molecule has 0 fully saturated rings. The van der Waals surface area contributed by atoms with Crippen molar-refractivity contribution in [2.24, 2.45) is 0 Å². The molecule has 2 aromatic rings. The summed E-state index contributed by atoms with van der Waals surface area (Å²) in [7, 11) is 0. The number of carbonyl (C=O) groups is 1. The number of hydrogen-bond acceptors (Lipinski definition) is 3. The molecule has 0 unspecified atom stereocenters. The number of ether oxygens (including phenoxy) is 1. The quantitative estimate of drug-likeness (QED) is 0.680. The SMILES string of the molecule is CCc1ccccc1OC(=O)c1cccc(CC)c1O. The molecule has 0 saturated carbocycles. The second kappa shape index (κ2) is 6.24. The summed E-state index contributed by atoms with van der Waals surface area (Å²) >= 11 is 0. The van der Waals surface area contributed by atoms with Gasteiger partial charge in [0, 0.05) is 0 Å². The highest BCUT2D eigenvalue weighted by Gasteiger charge is 2.16. The van der Waals surface area contributed by atoms with Gasteiger partial charge in [0.1, 0.15) is 17.1 Å². The average Bonchev–Trinajstić information content (AvgIpc) is 2.48. The maximum Gasteiger partial charge on any atom is 0.347 e. The van der Waals surface area contributed by atoms with E-state index in [-0.39, 0.29) is 11.3 Å². The highest BCUT2D eigenvalue weighted by molar-refractivity contribution is 5.94. The molecule has 0 radical (unpaired) electrons. The Labute approximate surface area is 118 Å². The molecule has 0 aliphatic carbocycles. The molecule has 20 heavy (non-hydrogen) atoms. The molecule has 0 atom stereocenters. The Balaban J connectivity index is 2.29. The Morgan fingerprint density at radius 2 is 1.65 bits per heavy atom. The summed E-state index contributed by atoms with van der Waals surface area (Å²) < 4.78 is 5.40. The third-order valence-corrected chi connectivity index (χ3v) is 3.28. The smallest absolute Gasteiger partial charge is 0.347 e. The van der Waals surface area contributed by atoms with Gasteiger partial charge in [-0.2, -0.15) is 0 Å². The summed E-state index contributed by atoms with van der Waals surface area (Å²) in [6.07, 6.45) is 1.45. The van der Waals surface area contributed by atoms with Gasteiger partial charge in [0.05, 0.1) is 0 Å². The van der Waals surface area contributed by atoms with Gasteiger partial charge in [-0.3, -0.25) is 0 Å². The van der Waals surface area contributed by atoms with Crippen molar-refractivity contribution in [1.29, 1.82) is 0 Å². The number of aryl methyl sites for hydroxylation is 2. The third kappa shape index (κ3) is 2.82. The summed E-state index contributed by atoms with van der Waals surface area (Å²) in [5, 5.41) is 10.1. The maximum absolute atomic E-state index is 12.2. The van der Waals surface area contributed by atoms with Crippen LogP contribution >= 0.6 is 0 Å². The number of esters is 1. The number of benzene rings is 2. The van der Waals surface area contributed by atoms with E-state index >= 15 is 0 Å². The van der Waals surface area contributed by atoms with Gasteiger partial charge in [0.25, 0.3) is 0 Å². The van der Waals surface area contributed by atoms with Gasteiger partial charge in [0.15, 0.2) is 0 Å². The normalized spacial score (nSPS) is 10.3. The van der Waals surface area contributed by atoms with Crippen LogP contribution in [0.2, 0.25) is 0 Å². The van der Waals surface area contributed by atoms with Crippen LogP contribution in [0.25, 0.3) is 0 Å². The van der Waals surface area contributed by atoms with Crippen LogP contribution in [0.4, 0.5) is 0 Å². The summed E-state index contributed by atoms with van der Waals surface area (Å²) in [5.41, 5.74) is 1.91. The van der Waals surface area contributed by atoms with E-state index < -0.39 is 5.97 Å². The zero-order chi connectivity index (χ0) is 14.5. The summed E-state index contributed by atoms with van der Waals surface area (Å²) in [6.45, 7) is 3.93. The fraction of sp³-hybridized carbons (Fsp3) is 0.235. The summed E-state index contributed by atoms with van der Waals surface area (Å²) in [4.78, 5) is 12.2. The molecule has 0 aliphatic heterocycles. The number of rotatable bonds is 4. The molecule has 0 heterocycles. The molecule has 3 heteroatoms. The van der Waals surface area contributed by atoms with Crippen LogP contribution < -0.4 is 4.74 Å². The third-order valence-electron chi connectivity index (χ3n) is 3.28. The van der Waals surface area contributed by atoms with E-state index in [1.807, 2.05) is 32.0 Å². The molecule has 0 saturated heterocycles. The fourth-order valence-corrected chi connectivity index (χ4v) is 2.09. The zero-order valence-corrected chi connectivity index (χ0v) is 11.7. The highest BCUT2D eigenvalue weighted by Crippen LogP contribution is 2.26. The van der Waals surface area contributed by atoms with Gasteiger partial charge in [0.2, 0.25) is 0 Å². The van der Waals surface area contributed by atoms with E-state index in [1.54, 1.807) is 24.3 Å². The Kier molecular flexibility index (Phi) is 4.41. The standard InChI is InChI=1S/C17H18O3/c1-3-12-8-5-6-11-15(12)20-17(19)14-10-7-9-13(4-2)16(14)18/h5-11,18H,3-4H2,1-2H3. The molecule has 2 aromatic carbocycles. The minimum atomic E-state index is -0.529. The molecule has 0 bridgehead atoms. The fourth-order valence-electron chi connectivity index (χ4n) is 2.09. The average molecular weight is 270 g/mol. The summed E-state index contributed by atoms with van der Waals surface area (Å²) in [6, 6.07) is 12.5. The Bertz CT molecular complexity index is 617. The van der Waals surface area contributed by atoms with E-state index in [4.69, 9.17) is 4.74 Å². The molecule has 2 rings (SSSR count). The topological polar surface area (TPSA) is 46.5 Å². The van der Waals surface area contributed by atoms with Crippen LogP contribution in [-0.2, 0) is 12.8 Å². The molecule has 3 nitrogen and oxygen atoms in total. The van der Waals surface area contributed by atoms with Crippen molar-refractivity contribution in [2.45, 2.75) is 26.7 Å². The first-order valence-corrected chi connectivity index (χ1v) is 6.78. The molecule has 1 N–H and O–H groups in total. The van der Waals surface area contributed by atoms with Crippen molar-refractivity contribution >= 4 is 5.97 Å². The first-order valence-electron chi connectivity index (χ1n) is 6.78. The molecule has 0 aliphatic rings. The minimum Gasteiger partial charge on any atom is -0.507 e. The Hall–Kier alpha value is -2.29. The predicted molar refractivity (Wildman–Crippen MR) is 78.3 cm³/mol. The number of para-hydroxylation sites is 2. The number of phenolic OH excluding ortho intramolecular Hbond substituents is 1. The molecular weight excluding hydrogens is 252 g/mol. The van der Waals surface area contributed by atoms with Crippen LogP contribution in [-0.4, -0.2) is 11.1 Å². The van der Waals surface area contributed by atoms with Crippen molar-refractivity contribution in [3.8, 4) is 11.5 Å². The second-order valence-corrected chi connectivity index (χ2v) is 4.52. The number of aromatic hydroxyl groups is 1. The van der Waals surface area contributed by atoms with E-state index in [0.29, 0.717) is 12.2 Å². The van der Waals surface area contributed by atoms with Gasteiger partial charge in [-0.05, 0) is 36.1 Å². The number of phenols is 1. The first-order chi connectivity index (χ1) is 9.67.